The zero-order chi connectivity index (χ0) is 9.84. The number of anilines is 1. The summed E-state index contributed by atoms with van der Waals surface area (Å²) in [4.78, 5) is 0. The smallest absolute Gasteiger partial charge is 0.240 e. The highest BCUT2D eigenvalue weighted by Crippen LogP contribution is 2.13. The van der Waals surface area contributed by atoms with Gasteiger partial charge in [0.2, 0.25) is 5.95 Å². The number of hydrogen-bond acceptors (Lipinski definition) is 6. The monoisotopic (exact) mass is 202 g/mol. The summed E-state index contributed by atoms with van der Waals surface area (Å²) in [7, 11) is 0. The fraction of sp³-hybridized carbons (Fsp3) is 0.667. The molecule has 6 N–H and O–H groups in total. The molecule has 0 aliphatic rings. The van der Waals surface area contributed by atoms with Crippen LogP contribution in [0.1, 0.15) is 18.3 Å². The molecule has 0 unspecified atom stereocenters. The van der Waals surface area contributed by atoms with Crippen LogP contribution in [0.25, 0.3) is 0 Å². The van der Waals surface area contributed by atoms with Crippen molar-refractivity contribution in [3.05, 3.63) is 5.82 Å². The standard InChI is InChI=1S/C6H14N6S/c1-13-3-2-4(7)5-10-11-6(8)12(5)9/h4H,2-3,7,9H2,1H3,(H2,8,11)/t4-/m0/s1. The van der Waals surface area contributed by atoms with Gasteiger partial charge in [0.05, 0.1) is 6.04 Å². The first-order chi connectivity index (χ1) is 6.16. The van der Waals surface area contributed by atoms with E-state index in [9.17, 15) is 0 Å². The van der Waals surface area contributed by atoms with Crippen molar-refractivity contribution in [1.29, 1.82) is 0 Å². The summed E-state index contributed by atoms with van der Waals surface area (Å²) < 4.78 is 1.23. The maximum atomic E-state index is 5.82. The fourth-order valence-corrected chi connectivity index (χ4v) is 1.43. The highest BCUT2D eigenvalue weighted by Gasteiger charge is 2.14. The van der Waals surface area contributed by atoms with Crippen molar-refractivity contribution in [1.82, 2.24) is 14.9 Å². The first-order valence-electron chi connectivity index (χ1n) is 3.87. The van der Waals surface area contributed by atoms with Crippen LogP contribution in [-0.4, -0.2) is 26.9 Å². The van der Waals surface area contributed by atoms with Gasteiger partial charge in [0.25, 0.3) is 0 Å². The highest BCUT2D eigenvalue weighted by molar-refractivity contribution is 7.98. The van der Waals surface area contributed by atoms with Crippen molar-refractivity contribution in [2.75, 3.05) is 23.6 Å². The number of aromatic nitrogens is 3. The first-order valence-corrected chi connectivity index (χ1v) is 5.26. The fourth-order valence-electron chi connectivity index (χ4n) is 0.943. The Morgan fingerprint density at radius 2 is 2.23 bits per heavy atom. The van der Waals surface area contributed by atoms with Crippen molar-refractivity contribution < 1.29 is 0 Å². The summed E-state index contributed by atoms with van der Waals surface area (Å²) >= 11 is 1.73. The van der Waals surface area contributed by atoms with Crippen LogP contribution < -0.4 is 17.3 Å². The second-order valence-electron chi connectivity index (χ2n) is 2.67. The molecule has 13 heavy (non-hydrogen) atoms. The van der Waals surface area contributed by atoms with Gasteiger partial charge in [-0.2, -0.15) is 11.8 Å². The van der Waals surface area contributed by atoms with E-state index in [0.717, 1.165) is 12.2 Å². The molecular formula is C6H14N6S. The van der Waals surface area contributed by atoms with E-state index in [1.165, 1.54) is 4.68 Å². The summed E-state index contributed by atoms with van der Waals surface area (Å²) in [5.74, 6) is 7.24. The van der Waals surface area contributed by atoms with Gasteiger partial charge in [-0.05, 0) is 18.4 Å². The molecule has 1 aromatic heterocycles. The topological polar surface area (TPSA) is 109 Å². The van der Waals surface area contributed by atoms with E-state index in [-0.39, 0.29) is 12.0 Å². The second kappa shape index (κ2) is 4.33. The van der Waals surface area contributed by atoms with Crippen LogP contribution in [0.15, 0.2) is 0 Å². The van der Waals surface area contributed by atoms with Crippen LogP contribution >= 0.6 is 11.8 Å². The SMILES string of the molecule is CSCC[C@H](N)c1nnc(N)n1N. The van der Waals surface area contributed by atoms with E-state index in [1.54, 1.807) is 11.8 Å². The summed E-state index contributed by atoms with van der Waals surface area (Å²) in [5.41, 5.74) is 11.2. The van der Waals surface area contributed by atoms with Gasteiger partial charge in [0.15, 0.2) is 5.82 Å². The summed E-state index contributed by atoms with van der Waals surface area (Å²) in [6, 6.07) is -0.192. The van der Waals surface area contributed by atoms with Gasteiger partial charge in [-0.1, -0.05) is 0 Å². The summed E-state index contributed by atoms with van der Waals surface area (Å²) in [6.45, 7) is 0. The van der Waals surface area contributed by atoms with Crippen LogP contribution in [0.2, 0.25) is 0 Å². The minimum atomic E-state index is -0.192. The zero-order valence-electron chi connectivity index (χ0n) is 7.47. The average molecular weight is 202 g/mol. The minimum Gasteiger partial charge on any atom is -0.366 e. The van der Waals surface area contributed by atoms with Gasteiger partial charge < -0.3 is 17.3 Å². The number of hydrogen-bond donors (Lipinski definition) is 3. The van der Waals surface area contributed by atoms with E-state index in [4.69, 9.17) is 17.3 Å². The maximum absolute atomic E-state index is 5.82. The van der Waals surface area contributed by atoms with Gasteiger partial charge in [0, 0.05) is 0 Å². The van der Waals surface area contributed by atoms with Crippen molar-refractivity contribution in [2.24, 2.45) is 5.73 Å². The molecule has 74 valence electrons. The number of nitrogen functional groups attached to an aromatic ring is 2. The van der Waals surface area contributed by atoms with Crippen LogP contribution in [0.5, 0.6) is 0 Å². The Balaban J connectivity index is 2.65. The van der Waals surface area contributed by atoms with Gasteiger partial charge in [-0.25, -0.2) is 4.68 Å². The third-order valence-electron chi connectivity index (χ3n) is 1.71. The maximum Gasteiger partial charge on any atom is 0.240 e. The second-order valence-corrected chi connectivity index (χ2v) is 3.66. The Bertz CT molecular complexity index is 272. The lowest BCUT2D eigenvalue weighted by molar-refractivity contribution is 0.632. The molecule has 0 spiro atoms. The van der Waals surface area contributed by atoms with Gasteiger partial charge >= 0.3 is 0 Å². The van der Waals surface area contributed by atoms with E-state index >= 15 is 0 Å². The molecule has 0 fully saturated rings. The molecular weight excluding hydrogens is 188 g/mol. The van der Waals surface area contributed by atoms with E-state index in [1.807, 2.05) is 6.26 Å². The minimum absolute atomic E-state index is 0.189. The number of thioether (sulfide) groups is 1. The Morgan fingerprint density at radius 3 is 2.69 bits per heavy atom. The number of rotatable bonds is 4. The Kier molecular flexibility index (Phi) is 3.38. The quantitative estimate of drug-likeness (QED) is 0.558. The van der Waals surface area contributed by atoms with Crippen molar-refractivity contribution >= 4 is 17.7 Å². The molecule has 1 heterocycles. The third kappa shape index (κ3) is 2.25. The molecule has 0 bridgehead atoms. The summed E-state index contributed by atoms with van der Waals surface area (Å²) in [6.07, 6.45) is 2.84. The van der Waals surface area contributed by atoms with E-state index in [0.29, 0.717) is 5.82 Å². The molecule has 1 rings (SSSR count). The number of nitrogens with zero attached hydrogens (tertiary/aromatic N) is 3. The predicted molar refractivity (Wildman–Crippen MR) is 54.5 cm³/mol. The highest BCUT2D eigenvalue weighted by atomic mass is 32.2. The van der Waals surface area contributed by atoms with Gasteiger partial charge in [-0.3, -0.25) is 0 Å². The van der Waals surface area contributed by atoms with E-state index < -0.39 is 0 Å². The van der Waals surface area contributed by atoms with Crippen molar-refractivity contribution in [3.8, 4) is 0 Å². The Morgan fingerprint density at radius 1 is 1.54 bits per heavy atom. The molecule has 0 amide bonds. The molecule has 1 atom stereocenters. The van der Waals surface area contributed by atoms with Crippen molar-refractivity contribution in [3.63, 3.8) is 0 Å². The molecule has 1 aromatic rings. The summed E-state index contributed by atoms with van der Waals surface area (Å²) in [5, 5.41) is 7.42. The lowest BCUT2D eigenvalue weighted by Gasteiger charge is -2.08. The van der Waals surface area contributed by atoms with Crippen LogP contribution in [0, 0.1) is 0 Å². The van der Waals surface area contributed by atoms with Crippen molar-refractivity contribution in [2.45, 2.75) is 12.5 Å². The van der Waals surface area contributed by atoms with Gasteiger partial charge in [0.1, 0.15) is 0 Å². The van der Waals surface area contributed by atoms with E-state index in [2.05, 4.69) is 10.2 Å². The third-order valence-corrected chi connectivity index (χ3v) is 2.36. The van der Waals surface area contributed by atoms with Crippen LogP contribution in [-0.2, 0) is 0 Å². The van der Waals surface area contributed by atoms with Gasteiger partial charge in [-0.15, -0.1) is 10.2 Å². The molecule has 6 nitrogen and oxygen atoms in total. The van der Waals surface area contributed by atoms with Crippen LogP contribution in [0.3, 0.4) is 0 Å². The lowest BCUT2D eigenvalue weighted by atomic mass is 10.2. The normalized spacial score (nSPS) is 13.1. The Hall–Kier alpha value is -0.950. The zero-order valence-corrected chi connectivity index (χ0v) is 8.29. The molecule has 0 aliphatic carbocycles. The largest absolute Gasteiger partial charge is 0.366 e. The molecule has 0 aromatic carbocycles. The lowest BCUT2D eigenvalue weighted by Crippen LogP contribution is -2.22. The first kappa shape index (κ1) is 10.1. The molecule has 0 saturated heterocycles. The molecule has 0 aliphatic heterocycles. The molecule has 0 saturated carbocycles. The average Bonchev–Trinajstić information content (AvgIpc) is 2.44. The van der Waals surface area contributed by atoms with Crippen LogP contribution in [0.4, 0.5) is 5.95 Å². The molecule has 0 radical (unpaired) electrons. The predicted octanol–water partition coefficient (Wildman–Crippen LogP) is -0.673. The Labute approximate surface area is 80.8 Å². The number of nitrogens with two attached hydrogens (primary N) is 3. The molecule has 7 heteroatoms.